The van der Waals surface area contributed by atoms with E-state index in [-0.39, 0.29) is 0 Å². The molecular weight excluding hydrogens is 605 g/mol. The van der Waals surface area contributed by atoms with Gasteiger partial charge in [0.25, 0.3) is 0 Å². The van der Waals surface area contributed by atoms with Crippen LogP contribution in [0.15, 0.2) is 162 Å². The fourth-order valence-corrected chi connectivity index (χ4v) is 8.10. The van der Waals surface area contributed by atoms with Crippen molar-refractivity contribution in [2.45, 2.75) is 0 Å². The van der Waals surface area contributed by atoms with Crippen LogP contribution in [0, 0.1) is 0 Å². The number of rotatable bonds is 4. The Bertz CT molecular complexity index is 2820. The highest BCUT2D eigenvalue weighted by molar-refractivity contribution is 7.26. The highest BCUT2D eigenvalue weighted by Crippen LogP contribution is 2.43. The van der Waals surface area contributed by atoms with Gasteiger partial charge in [-0.3, -0.25) is 0 Å². The van der Waals surface area contributed by atoms with Crippen LogP contribution in [0.2, 0.25) is 0 Å². The summed E-state index contributed by atoms with van der Waals surface area (Å²) in [6, 6.07) is 55.4. The topological polar surface area (TPSA) is 38.9 Å². The molecule has 0 aliphatic heterocycles. The molecule has 7 aromatic carbocycles. The molecule has 0 saturated carbocycles. The smallest absolute Gasteiger partial charge is 0.161 e. The van der Waals surface area contributed by atoms with Crippen molar-refractivity contribution in [1.29, 1.82) is 0 Å². The van der Waals surface area contributed by atoms with E-state index in [0.29, 0.717) is 5.82 Å². The summed E-state index contributed by atoms with van der Waals surface area (Å²) in [5, 5.41) is 5.41. The Balaban J connectivity index is 1.22. The van der Waals surface area contributed by atoms with Crippen LogP contribution in [0.3, 0.4) is 0 Å². The molecule has 224 valence electrons. The van der Waals surface area contributed by atoms with Crippen LogP contribution < -0.4 is 0 Å². The normalized spacial score (nSPS) is 11.8. The predicted molar refractivity (Wildman–Crippen MR) is 201 cm³/mol. The molecular formula is C44H26N2OS. The first-order chi connectivity index (χ1) is 23.8. The van der Waals surface area contributed by atoms with E-state index in [9.17, 15) is 0 Å². The van der Waals surface area contributed by atoms with E-state index in [2.05, 4.69) is 146 Å². The monoisotopic (exact) mass is 630 g/mol. The first-order valence-corrected chi connectivity index (χ1v) is 16.9. The molecule has 0 N–H and O–H groups in total. The van der Waals surface area contributed by atoms with Crippen LogP contribution in [-0.4, -0.2) is 9.97 Å². The van der Waals surface area contributed by atoms with Gasteiger partial charge in [-0.15, -0.1) is 11.3 Å². The number of thiophene rings is 1. The van der Waals surface area contributed by atoms with E-state index in [4.69, 9.17) is 14.4 Å². The van der Waals surface area contributed by atoms with Gasteiger partial charge in [0, 0.05) is 37.4 Å². The molecule has 0 amide bonds. The number of nitrogens with zero attached hydrogens (tertiary/aromatic N) is 2. The minimum atomic E-state index is 0.710. The average Bonchev–Trinajstić information content (AvgIpc) is 3.73. The maximum Gasteiger partial charge on any atom is 0.161 e. The molecule has 0 radical (unpaired) electrons. The molecule has 3 aromatic heterocycles. The van der Waals surface area contributed by atoms with Crippen molar-refractivity contribution in [3.63, 3.8) is 0 Å². The first-order valence-electron chi connectivity index (χ1n) is 16.1. The van der Waals surface area contributed by atoms with Gasteiger partial charge >= 0.3 is 0 Å². The number of furan rings is 1. The molecule has 0 bridgehead atoms. The van der Waals surface area contributed by atoms with Crippen molar-refractivity contribution in [2.24, 2.45) is 0 Å². The second kappa shape index (κ2) is 10.7. The molecule has 10 aromatic rings. The van der Waals surface area contributed by atoms with Crippen LogP contribution in [0.5, 0.6) is 0 Å². The highest BCUT2D eigenvalue weighted by atomic mass is 32.1. The predicted octanol–water partition coefficient (Wildman–Crippen LogP) is 12.6. The maximum absolute atomic E-state index is 6.64. The van der Waals surface area contributed by atoms with Crippen LogP contribution in [-0.2, 0) is 0 Å². The van der Waals surface area contributed by atoms with E-state index in [1.165, 1.54) is 21.4 Å². The quantitative estimate of drug-likeness (QED) is 0.194. The van der Waals surface area contributed by atoms with E-state index in [0.717, 1.165) is 70.7 Å². The van der Waals surface area contributed by atoms with Crippen molar-refractivity contribution in [3.8, 4) is 44.9 Å². The minimum absolute atomic E-state index is 0.710. The molecule has 0 aliphatic carbocycles. The molecule has 3 heterocycles. The van der Waals surface area contributed by atoms with Crippen LogP contribution >= 0.6 is 11.3 Å². The number of aromatic nitrogens is 2. The zero-order chi connectivity index (χ0) is 31.6. The second-order valence-electron chi connectivity index (χ2n) is 12.1. The fourth-order valence-electron chi connectivity index (χ4n) is 6.95. The molecule has 0 aliphatic rings. The molecule has 3 nitrogen and oxygen atoms in total. The molecule has 0 spiro atoms. The van der Waals surface area contributed by atoms with Gasteiger partial charge in [-0.25, -0.2) is 9.97 Å². The Kier molecular flexibility index (Phi) is 6.05. The van der Waals surface area contributed by atoms with E-state index in [1.54, 1.807) is 11.3 Å². The van der Waals surface area contributed by atoms with Crippen LogP contribution in [0.1, 0.15) is 0 Å². The molecule has 10 rings (SSSR count). The lowest BCUT2D eigenvalue weighted by Gasteiger charge is -2.11. The van der Waals surface area contributed by atoms with Gasteiger partial charge < -0.3 is 4.42 Å². The SMILES string of the molecule is c1ccc(-c2ccc(-c3nc(-c4cc5c6ccc(-c7ccccc7)cc6oc5c5ccccc45)nc4c3sc3ccccc34)cc2)cc1. The van der Waals surface area contributed by atoms with Gasteiger partial charge in [-0.05, 0) is 51.9 Å². The van der Waals surface area contributed by atoms with Gasteiger partial charge in [0.2, 0.25) is 0 Å². The van der Waals surface area contributed by atoms with Gasteiger partial charge in [-0.1, -0.05) is 133 Å². The Labute approximate surface area is 280 Å². The standard InChI is InChI=1S/C44H26N2OS/c1-3-11-27(12-4-1)29-19-21-30(22-20-29)40-43-41(35-17-9-10-18-39(35)48-43)46-44(45-40)37-26-36-33-24-23-31(28-13-5-2-6-14-28)25-38(33)47-42(36)34-16-8-7-15-32(34)37/h1-26H. The van der Waals surface area contributed by atoms with Crippen molar-refractivity contribution in [1.82, 2.24) is 9.97 Å². The van der Waals surface area contributed by atoms with Gasteiger partial charge in [0.1, 0.15) is 11.2 Å². The van der Waals surface area contributed by atoms with Crippen molar-refractivity contribution in [2.75, 3.05) is 0 Å². The second-order valence-corrected chi connectivity index (χ2v) is 13.2. The lowest BCUT2D eigenvalue weighted by atomic mass is 9.98. The number of hydrogen-bond donors (Lipinski definition) is 0. The Hall–Kier alpha value is -6.10. The lowest BCUT2D eigenvalue weighted by molar-refractivity contribution is 0.673. The summed E-state index contributed by atoms with van der Waals surface area (Å²) in [6.07, 6.45) is 0. The van der Waals surface area contributed by atoms with Crippen LogP contribution in [0.25, 0.3) is 97.9 Å². The Morgan fingerprint density at radius 1 is 0.438 bits per heavy atom. The summed E-state index contributed by atoms with van der Waals surface area (Å²) >= 11 is 1.76. The van der Waals surface area contributed by atoms with E-state index < -0.39 is 0 Å². The third-order valence-electron chi connectivity index (χ3n) is 9.31. The molecule has 0 unspecified atom stereocenters. The van der Waals surface area contributed by atoms with E-state index >= 15 is 0 Å². The van der Waals surface area contributed by atoms with Crippen molar-refractivity contribution in [3.05, 3.63) is 158 Å². The number of fused-ring (bicyclic) bond motifs is 8. The fraction of sp³-hybridized carbons (Fsp3) is 0. The molecule has 0 saturated heterocycles. The van der Waals surface area contributed by atoms with E-state index in [1.807, 2.05) is 12.1 Å². The minimum Gasteiger partial charge on any atom is -0.455 e. The highest BCUT2D eigenvalue weighted by Gasteiger charge is 2.20. The zero-order valence-corrected chi connectivity index (χ0v) is 26.5. The number of hydrogen-bond acceptors (Lipinski definition) is 4. The van der Waals surface area contributed by atoms with Crippen molar-refractivity contribution < 1.29 is 4.42 Å². The van der Waals surface area contributed by atoms with Gasteiger partial charge in [0.15, 0.2) is 5.82 Å². The Morgan fingerprint density at radius 3 is 1.81 bits per heavy atom. The Morgan fingerprint density at radius 2 is 1.04 bits per heavy atom. The summed E-state index contributed by atoms with van der Waals surface area (Å²) < 4.78 is 8.94. The largest absolute Gasteiger partial charge is 0.455 e. The summed E-state index contributed by atoms with van der Waals surface area (Å²) in [7, 11) is 0. The summed E-state index contributed by atoms with van der Waals surface area (Å²) in [5.74, 6) is 0.710. The molecule has 0 atom stereocenters. The maximum atomic E-state index is 6.64. The molecule has 48 heavy (non-hydrogen) atoms. The number of benzene rings is 7. The summed E-state index contributed by atoms with van der Waals surface area (Å²) in [5.41, 5.74) is 10.4. The molecule has 4 heteroatoms. The van der Waals surface area contributed by atoms with Gasteiger partial charge in [0.05, 0.1) is 15.9 Å². The summed E-state index contributed by atoms with van der Waals surface area (Å²) in [4.78, 5) is 10.7. The summed E-state index contributed by atoms with van der Waals surface area (Å²) in [6.45, 7) is 0. The lowest BCUT2D eigenvalue weighted by Crippen LogP contribution is -1.95. The van der Waals surface area contributed by atoms with Crippen LogP contribution in [0.4, 0.5) is 0 Å². The first kappa shape index (κ1) is 27.1. The third kappa shape index (κ3) is 4.27. The molecule has 0 fully saturated rings. The third-order valence-corrected chi connectivity index (χ3v) is 10.5. The van der Waals surface area contributed by atoms with Gasteiger partial charge in [-0.2, -0.15) is 0 Å². The zero-order valence-electron chi connectivity index (χ0n) is 25.7. The average molecular weight is 631 g/mol. The van der Waals surface area contributed by atoms with Crippen molar-refractivity contribution >= 4 is 64.4 Å².